The minimum atomic E-state index is -0.492. The molecule has 0 aliphatic rings. The standard InChI is InChI=1S/C21H21N3O4/c1-14-8-9-19-23-17(10-20(26)24(19)12-14)13-28-21(27)11-18(22-15(2)25)16-6-4-3-5-7-16/h3-10,12,18H,11,13H2,1-2H3,(H,22,25)/t18-/m1/s1. The lowest BCUT2D eigenvalue weighted by Gasteiger charge is -2.17. The van der Waals surface area contributed by atoms with E-state index in [-0.39, 0.29) is 24.5 Å². The fraction of sp³-hybridized carbons (Fsp3) is 0.238. The molecule has 3 aromatic rings. The number of nitrogens with one attached hydrogen (secondary N) is 1. The molecule has 28 heavy (non-hydrogen) atoms. The molecule has 0 saturated carbocycles. The third kappa shape index (κ3) is 4.82. The third-order valence-electron chi connectivity index (χ3n) is 4.19. The second-order valence-electron chi connectivity index (χ2n) is 6.55. The van der Waals surface area contributed by atoms with Crippen molar-refractivity contribution < 1.29 is 14.3 Å². The second kappa shape index (κ2) is 8.47. The molecule has 0 bridgehead atoms. The molecule has 0 aliphatic heterocycles. The van der Waals surface area contributed by atoms with Crippen LogP contribution < -0.4 is 10.9 Å². The Kier molecular flexibility index (Phi) is 5.84. The molecule has 2 aromatic heterocycles. The van der Waals surface area contributed by atoms with Gasteiger partial charge in [0.25, 0.3) is 5.56 Å². The van der Waals surface area contributed by atoms with Gasteiger partial charge in [-0.15, -0.1) is 0 Å². The van der Waals surface area contributed by atoms with Crippen LogP contribution in [-0.2, 0) is 20.9 Å². The van der Waals surface area contributed by atoms with Gasteiger partial charge in [0.2, 0.25) is 5.91 Å². The number of nitrogens with zero attached hydrogens (tertiary/aromatic N) is 2. The zero-order valence-corrected chi connectivity index (χ0v) is 15.7. The van der Waals surface area contributed by atoms with E-state index in [0.717, 1.165) is 11.1 Å². The highest BCUT2D eigenvalue weighted by atomic mass is 16.5. The lowest BCUT2D eigenvalue weighted by molar-refractivity contribution is -0.145. The Balaban J connectivity index is 1.69. The van der Waals surface area contributed by atoms with Crippen LogP contribution in [0.2, 0.25) is 0 Å². The van der Waals surface area contributed by atoms with E-state index in [9.17, 15) is 14.4 Å². The van der Waals surface area contributed by atoms with Crippen LogP contribution in [-0.4, -0.2) is 21.3 Å². The van der Waals surface area contributed by atoms with Crippen LogP contribution in [0, 0.1) is 6.92 Å². The molecule has 7 nitrogen and oxygen atoms in total. The highest BCUT2D eigenvalue weighted by Crippen LogP contribution is 2.17. The van der Waals surface area contributed by atoms with Gasteiger partial charge >= 0.3 is 5.97 Å². The van der Waals surface area contributed by atoms with Crippen molar-refractivity contribution in [3.05, 3.63) is 81.9 Å². The Labute approximate surface area is 162 Å². The number of esters is 1. The summed E-state index contributed by atoms with van der Waals surface area (Å²) in [5.41, 5.74) is 2.38. The number of hydrogen-bond donors (Lipinski definition) is 1. The van der Waals surface area contributed by atoms with Crippen LogP contribution in [0.3, 0.4) is 0 Å². The molecule has 1 amide bonds. The molecule has 7 heteroatoms. The first-order valence-electron chi connectivity index (χ1n) is 8.89. The molecule has 1 N–H and O–H groups in total. The Hall–Kier alpha value is -3.48. The van der Waals surface area contributed by atoms with E-state index in [1.165, 1.54) is 17.4 Å². The molecule has 0 spiro atoms. The maximum absolute atomic E-state index is 12.3. The molecular weight excluding hydrogens is 358 g/mol. The average molecular weight is 379 g/mol. The van der Waals surface area contributed by atoms with Gasteiger partial charge in [-0.25, -0.2) is 4.98 Å². The van der Waals surface area contributed by atoms with Gasteiger partial charge in [-0.1, -0.05) is 36.4 Å². The van der Waals surface area contributed by atoms with Crippen LogP contribution in [0.5, 0.6) is 0 Å². The number of carbonyl (C=O) groups excluding carboxylic acids is 2. The average Bonchev–Trinajstić information content (AvgIpc) is 2.67. The van der Waals surface area contributed by atoms with Crippen LogP contribution >= 0.6 is 0 Å². The Bertz CT molecular complexity index is 1060. The summed E-state index contributed by atoms with van der Waals surface area (Å²) >= 11 is 0. The zero-order valence-electron chi connectivity index (χ0n) is 15.7. The van der Waals surface area contributed by atoms with Gasteiger partial charge in [0, 0.05) is 19.2 Å². The number of aryl methyl sites for hydroxylation is 1. The fourth-order valence-corrected chi connectivity index (χ4v) is 2.90. The Morgan fingerprint density at radius 1 is 1.18 bits per heavy atom. The Morgan fingerprint density at radius 3 is 2.64 bits per heavy atom. The maximum Gasteiger partial charge on any atom is 0.308 e. The Morgan fingerprint density at radius 2 is 1.93 bits per heavy atom. The third-order valence-corrected chi connectivity index (χ3v) is 4.19. The number of pyridine rings is 1. The number of carbonyl (C=O) groups is 2. The second-order valence-corrected chi connectivity index (χ2v) is 6.55. The van der Waals surface area contributed by atoms with Crippen LogP contribution in [0.1, 0.15) is 36.2 Å². The quantitative estimate of drug-likeness (QED) is 0.664. The number of ether oxygens (including phenoxy) is 1. The summed E-state index contributed by atoms with van der Waals surface area (Å²) in [6.07, 6.45) is 1.69. The van der Waals surface area contributed by atoms with E-state index in [1.54, 1.807) is 12.3 Å². The molecule has 0 aliphatic carbocycles. The van der Waals surface area contributed by atoms with Crippen molar-refractivity contribution in [1.82, 2.24) is 14.7 Å². The van der Waals surface area contributed by atoms with Crippen molar-refractivity contribution in [2.24, 2.45) is 0 Å². The van der Waals surface area contributed by atoms with Gasteiger partial charge in [0.05, 0.1) is 18.2 Å². The van der Waals surface area contributed by atoms with Crippen LogP contribution in [0.4, 0.5) is 0 Å². The summed E-state index contributed by atoms with van der Waals surface area (Å²) in [6, 6.07) is 13.7. The summed E-state index contributed by atoms with van der Waals surface area (Å²) in [5.74, 6) is -0.727. The SMILES string of the molecule is CC(=O)N[C@H](CC(=O)OCc1cc(=O)n2cc(C)ccc2n1)c1ccccc1. The first-order valence-corrected chi connectivity index (χ1v) is 8.89. The molecule has 3 rings (SSSR count). The van der Waals surface area contributed by atoms with E-state index >= 15 is 0 Å². The summed E-state index contributed by atoms with van der Waals surface area (Å²) in [6.45, 7) is 3.18. The topological polar surface area (TPSA) is 89.8 Å². The van der Waals surface area contributed by atoms with Crippen molar-refractivity contribution in [2.75, 3.05) is 0 Å². The lowest BCUT2D eigenvalue weighted by atomic mass is 10.0. The minimum Gasteiger partial charge on any atom is -0.459 e. The largest absolute Gasteiger partial charge is 0.459 e. The predicted octanol–water partition coefficient (Wildman–Crippen LogP) is 2.31. The predicted molar refractivity (Wildman–Crippen MR) is 104 cm³/mol. The van der Waals surface area contributed by atoms with E-state index in [1.807, 2.05) is 43.3 Å². The summed E-state index contributed by atoms with van der Waals surface area (Å²) < 4.78 is 6.74. The maximum atomic E-state index is 12.3. The number of hydrogen-bond acceptors (Lipinski definition) is 5. The molecule has 1 atom stereocenters. The molecular formula is C21H21N3O4. The first-order chi connectivity index (χ1) is 13.4. The van der Waals surface area contributed by atoms with Crippen molar-refractivity contribution in [1.29, 1.82) is 0 Å². The highest BCUT2D eigenvalue weighted by molar-refractivity contribution is 5.76. The van der Waals surface area contributed by atoms with E-state index in [0.29, 0.717) is 11.3 Å². The van der Waals surface area contributed by atoms with Crippen molar-refractivity contribution in [3.8, 4) is 0 Å². The van der Waals surface area contributed by atoms with Crippen molar-refractivity contribution in [3.63, 3.8) is 0 Å². The number of benzene rings is 1. The monoisotopic (exact) mass is 379 g/mol. The van der Waals surface area contributed by atoms with Gasteiger partial charge in [0.15, 0.2) is 0 Å². The molecule has 144 valence electrons. The van der Waals surface area contributed by atoms with Gasteiger partial charge in [-0.05, 0) is 24.1 Å². The molecule has 0 unspecified atom stereocenters. The number of amides is 1. The fourth-order valence-electron chi connectivity index (χ4n) is 2.90. The van der Waals surface area contributed by atoms with Gasteiger partial charge in [0.1, 0.15) is 12.3 Å². The smallest absolute Gasteiger partial charge is 0.308 e. The van der Waals surface area contributed by atoms with E-state index in [4.69, 9.17) is 4.74 Å². The van der Waals surface area contributed by atoms with Gasteiger partial charge in [-0.2, -0.15) is 0 Å². The zero-order chi connectivity index (χ0) is 20.1. The number of fused-ring (bicyclic) bond motifs is 1. The van der Waals surface area contributed by atoms with Crippen molar-refractivity contribution in [2.45, 2.75) is 32.9 Å². The first kappa shape index (κ1) is 19.3. The molecule has 0 fully saturated rings. The van der Waals surface area contributed by atoms with E-state index < -0.39 is 12.0 Å². The molecule has 1 aromatic carbocycles. The normalized spacial score (nSPS) is 11.8. The lowest BCUT2D eigenvalue weighted by Crippen LogP contribution is -2.28. The summed E-state index contributed by atoms with van der Waals surface area (Å²) in [7, 11) is 0. The highest BCUT2D eigenvalue weighted by Gasteiger charge is 2.18. The van der Waals surface area contributed by atoms with Crippen LogP contribution in [0.15, 0.2) is 59.5 Å². The number of rotatable bonds is 6. The van der Waals surface area contributed by atoms with Crippen LogP contribution in [0.25, 0.3) is 5.65 Å². The van der Waals surface area contributed by atoms with E-state index in [2.05, 4.69) is 10.3 Å². The summed E-state index contributed by atoms with van der Waals surface area (Å²) in [5, 5.41) is 2.76. The van der Waals surface area contributed by atoms with Gasteiger partial charge < -0.3 is 10.1 Å². The molecule has 0 radical (unpaired) electrons. The summed E-state index contributed by atoms with van der Waals surface area (Å²) in [4.78, 5) is 40.3. The number of aromatic nitrogens is 2. The molecule has 0 saturated heterocycles. The molecule has 2 heterocycles. The van der Waals surface area contributed by atoms with Gasteiger partial charge in [-0.3, -0.25) is 18.8 Å². The minimum absolute atomic E-state index is 0.0185. The van der Waals surface area contributed by atoms with Crippen molar-refractivity contribution >= 4 is 17.5 Å².